The van der Waals surface area contributed by atoms with E-state index < -0.39 is 5.97 Å². The number of carboxylic acid groups (broad SMARTS) is 1. The summed E-state index contributed by atoms with van der Waals surface area (Å²) in [4.78, 5) is 11.4. The molecule has 0 amide bonds. The maximum atomic E-state index is 11.4. The van der Waals surface area contributed by atoms with Gasteiger partial charge >= 0.3 is 5.97 Å². The summed E-state index contributed by atoms with van der Waals surface area (Å²) >= 11 is 0. The number of hydrogen-bond acceptors (Lipinski definition) is 3. The van der Waals surface area contributed by atoms with Crippen LogP contribution in [-0.2, 0) is 9.53 Å². The Morgan fingerprint density at radius 3 is 2.84 bits per heavy atom. The van der Waals surface area contributed by atoms with E-state index in [4.69, 9.17) is 4.74 Å². The summed E-state index contributed by atoms with van der Waals surface area (Å²) in [6.45, 7) is 1.86. The molecule has 3 fully saturated rings. The van der Waals surface area contributed by atoms with E-state index in [9.17, 15) is 9.90 Å². The molecule has 0 radical (unpaired) electrons. The highest BCUT2D eigenvalue weighted by molar-refractivity contribution is 5.72. The molecule has 0 spiro atoms. The SMILES string of the molecule is O=C(O)C1C2CCC(C2)C1NCCCC1CCCO1. The van der Waals surface area contributed by atoms with Crippen molar-refractivity contribution in [2.75, 3.05) is 13.2 Å². The second-order valence-electron chi connectivity index (χ2n) is 6.45. The zero-order valence-corrected chi connectivity index (χ0v) is 11.5. The Morgan fingerprint density at radius 1 is 1.26 bits per heavy atom. The first kappa shape index (κ1) is 13.4. The summed E-state index contributed by atoms with van der Waals surface area (Å²) in [5, 5.41) is 12.9. The molecule has 4 nitrogen and oxygen atoms in total. The first-order valence-electron chi connectivity index (χ1n) is 7.83. The minimum atomic E-state index is -0.594. The van der Waals surface area contributed by atoms with Gasteiger partial charge < -0.3 is 15.2 Å². The van der Waals surface area contributed by atoms with Crippen LogP contribution in [0.3, 0.4) is 0 Å². The molecule has 3 rings (SSSR count). The van der Waals surface area contributed by atoms with Crippen molar-refractivity contribution in [2.24, 2.45) is 17.8 Å². The third-order valence-electron chi connectivity index (χ3n) is 5.31. The lowest BCUT2D eigenvalue weighted by Gasteiger charge is -2.29. The standard InChI is InChI=1S/C15H25NO3/c17-15(18)13-10-5-6-11(9-10)14(13)16-7-1-3-12-4-2-8-19-12/h10-14,16H,1-9H2,(H,17,18). The summed E-state index contributed by atoms with van der Waals surface area (Å²) in [7, 11) is 0. The molecule has 4 heteroatoms. The number of fused-ring (bicyclic) bond motifs is 2. The molecule has 2 saturated carbocycles. The number of ether oxygens (including phenoxy) is 1. The van der Waals surface area contributed by atoms with Crippen LogP contribution in [0.1, 0.15) is 44.9 Å². The van der Waals surface area contributed by atoms with Gasteiger partial charge in [-0.3, -0.25) is 4.79 Å². The van der Waals surface area contributed by atoms with E-state index in [1.807, 2.05) is 0 Å². The smallest absolute Gasteiger partial charge is 0.308 e. The van der Waals surface area contributed by atoms with Crippen molar-refractivity contribution in [1.29, 1.82) is 0 Å². The molecule has 5 unspecified atom stereocenters. The summed E-state index contributed by atoms with van der Waals surface area (Å²) in [5.41, 5.74) is 0. The third kappa shape index (κ3) is 2.79. The van der Waals surface area contributed by atoms with Gasteiger partial charge in [0.05, 0.1) is 12.0 Å². The van der Waals surface area contributed by atoms with E-state index in [-0.39, 0.29) is 12.0 Å². The summed E-state index contributed by atoms with van der Waals surface area (Å²) in [6.07, 6.45) is 8.54. The number of rotatable bonds is 6. The van der Waals surface area contributed by atoms with E-state index in [1.165, 1.54) is 19.3 Å². The van der Waals surface area contributed by atoms with E-state index in [0.29, 0.717) is 17.9 Å². The average Bonchev–Trinajstić information content (AvgIpc) is 3.10. The van der Waals surface area contributed by atoms with Crippen LogP contribution in [-0.4, -0.2) is 36.4 Å². The van der Waals surface area contributed by atoms with Gasteiger partial charge in [0.15, 0.2) is 0 Å². The maximum absolute atomic E-state index is 11.4. The van der Waals surface area contributed by atoms with E-state index in [2.05, 4.69) is 5.32 Å². The Balaban J connectivity index is 1.42. The monoisotopic (exact) mass is 267 g/mol. The van der Waals surface area contributed by atoms with Crippen molar-refractivity contribution in [3.63, 3.8) is 0 Å². The largest absolute Gasteiger partial charge is 0.481 e. The predicted molar refractivity (Wildman–Crippen MR) is 72.0 cm³/mol. The molecule has 2 bridgehead atoms. The number of carboxylic acids is 1. The van der Waals surface area contributed by atoms with Gasteiger partial charge in [-0.25, -0.2) is 0 Å². The topological polar surface area (TPSA) is 58.6 Å². The van der Waals surface area contributed by atoms with Crippen LogP contribution in [0.25, 0.3) is 0 Å². The molecule has 0 aromatic heterocycles. The van der Waals surface area contributed by atoms with Crippen LogP contribution >= 0.6 is 0 Å². The van der Waals surface area contributed by atoms with Crippen molar-refractivity contribution >= 4 is 5.97 Å². The normalized spacial score (nSPS) is 40.9. The zero-order chi connectivity index (χ0) is 13.2. The number of aliphatic carboxylic acids is 1. The number of nitrogens with one attached hydrogen (secondary N) is 1. The highest BCUT2D eigenvalue weighted by Crippen LogP contribution is 2.48. The Hall–Kier alpha value is -0.610. The Kier molecular flexibility index (Phi) is 4.08. The summed E-state index contributed by atoms with van der Waals surface area (Å²) in [5.74, 6) is 0.303. The van der Waals surface area contributed by atoms with Gasteiger partial charge in [-0.1, -0.05) is 0 Å². The first-order valence-corrected chi connectivity index (χ1v) is 7.83. The van der Waals surface area contributed by atoms with Gasteiger partial charge in [0.2, 0.25) is 0 Å². The van der Waals surface area contributed by atoms with Crippen molar-refractivity contribution < 1.29 is 14.6 Å². The Bertz CT molecular complexity index is 327. The van der Waals surface area contributed by atoms with E-state index in [0.717, 1.165) is 38.8 Å². The van der Waals surface area contributed by atoms with Gasteiger partial charge in [0.1, 0.15) is 0 Å². The van der Waals surface area contributed by atoms with Crippen LogP contribution in [0.2, 0.25) is 0 Å². The van der Waals surface area contributed by atoms with Gasteiger partial charge in [-0.15, -0.1) is 0 Å². The molecule has 2 N–H and O–H groups in total. The van der Waals surface area contributed by atoms with Gasteiger partial charge in [0, 0.05) is 12.6 Å². The van der Waals surface area contributed by atoms with Gasteiger partial charge in [-0.05, 0) is 63.3 Å². The molecule has 108 valence electrons. The van der Waals surface area contributed by atoms with E-state index >= 15 is 0 Å². The molecular formula is C15H25NO3. The highest BCUT2D eigenvalue weighted by atomic mass is 16.5. The molecule has 1 saturated heterocycles. The van der Waals surface area contributed by atoms with Gasteiger partial charge in [-0.2, -0.15) is 0 Å². The minimum absolute atomic E-state index is 0.138. The van der Waals surface area contributed by atoms with Crippen LogP contribution in [0, 0.1) is 17.8 Å². The summed E-state index contributed by atoms with van der Waals surface area (Å²) < 4.78 is 5.61. The first-order chi connectivity index (χ1) is 9.25. The lowest BCUT2D eigenvalue weighted by Crippen LogP contribution is -2.44. The van der Waals surface area contributed by atoms with Crippen molar-refractivity contribution in [2.45, 2.75) is 57.1 Å². The van der Waals surface area contributed by atoms with Crippen LogP contribution < -0.4 is 5.32 Å². The molecule has 3 aliphatic rings. The molecular weight excluding hydrogens is 242 g/mol. The molecule has 2 aliphatic carbocycles. The predicted octanol–water partition coefficient (Wildman–Crippen LogP) is 2.03. The van der Waals surface area contributed by atoms with Crippen LogP contribution in [0.5, 0.6) is 0 Å². The second kappa shape index (κ2) is 5.80. The fourth-order valence-electron chi connectivity index (χ4n) is 4.41. The van der Waals surface area contributed by atoms with Crippen molar-refractivity contribution in [1.82, 2.24) is 5.32 Å². The van der Waals surface area contributed by atoms with Crippen LogP contribution in [0.4, 0.5) is 0 Å². The Labute approximate surface area is 114 Å². The van der Waals surface area contributed by atoms with E-state index in [1.54, 1.807) is 0 Å². The average molecular weight is 267 g/mol. The van der Waals surface area contributed by atoms with Crippen LogP contribution in [0.15, 0.2) is 0 Å². The quantitative estimate of drug-likeness (QED) is 0.723. The third-order valence-corrected chi connectivity index (χ3v) is 5.31. The molecule has 1 heterocycles. The minimum Gasteiger partial charge on any atom is -0.481 e. The summed E-state index contributed by atoms with van der Waals surface area (Å²) in [6, 6.07) is 0.223. The maximum Gasteiger partial charge on any atom is 0.308 e. The lowest BCUT2D eigenvalue weighted by atomic mass is 9.84. The molecule has 19 heavy (non-hydrogen) atoms. The fourth-order valence-corrected chi connectivity index (χ4v) is 4.41. The Morgan fingerprint density at radius 2 is 2.11 bits per heavy atom. The lowest BCUT2D eigenvalue weighted by molar-refractivity contribution is -0.144. The molecule has 1 aliphatic heterocycles. The molecule has 0 aromatic rings. The van der Waals surface area contributed by atoms with Crippen molar-refractivity contribution in [3.05, 3.63) is 0 Å². The van der Waals surface area contributed by atoms with Gasteiger partial charge in [0.25, 0.3) is 0 Å². The fraction of sp³-hybridized carbons (Fsp3) is 0.933. The highest BCUT2D eigenvalue weighted by Gasteiger charge is 2.50. The zero-order valence-electron chi connectivity index (χ0n) is 11.5. The van der Waals surface area contributed by atoms with Crippen molar-refractivity contribution in [3.8, 4) is 0 Å². The molecule has 5 atom stereocenters. The number of hydrogen-bond donors (Lipinski definition) is 2. The molecule has 0 aromatic carbocycles. The second-order valence-corrected chi connectivity index (χ2v) is 6.45. The number of carbonyl (C=O) groups is 1.